The Kier molecular flexibility index (Phi) is 3.03. The largest absolute Gasteiger partial charge is 0.494 e. The van der Waals surface area contributed by atoms with Crippen LogP contribution in [0.4, 0.5) is 4.39 Å². The molecular formula is C10H11FO2. The molecule has 3 heteroatoms. The van der Waals surface area contributed by atoms with Gasteiger partial charge in [0.25, 0.3) is 0 Å². The van der Waals surface area contributed by atoms with Crippen molar-refractivity contribution in [3.8, 4) is 5.75 Å². The smallest absolute Gasteiger partial charge is 0.165 e. The first kappa shape index (κ1) is 9.74. The lowest BCUT2D eigenvalue weighted by Crippen LogP contribution is -1.95. The van der Waals surface area contributed by atoms with Crippen LogP contribution in [0.25, 0.3) is 0 Å². The van der Waals surface area contributed by atoms with Crippen molar-refractivity contribution in [1.82, 2.24) is 0 Å². The quantitative estimate of drug-likeness (QED) is 0.725. The molecule has 2 nitrogen and oxygen atoms in total. The third-order valence-electron chi connectivity index (χ3n) is 1.74. The van der Waals surface area contributed by atoms with Gasteiger partial charge >= 0.3 is 0 Å². The highest BCUT2D eigenvalue weighted by molar-refractivity contribution is 5.31. The maximum absolute atomic E-state index is 13.1. The van der Waals surface area contributed by atoms with Crippen LogP contribution in [-0.4, -0.2) is 12.2 Å². The summed E-state index contributed by atoms with van der Waals surface area (Å²) in [6.07, 6.45) is 0.502. The molecule has 0 saturated carbocycles. The van der Waals surface area contributed by atoms with Crippen molar-refractivity contribution in [1.29, 1.82) is 0 Å². The predicted molar refractivity (Wildman–Crippen MR) is 48.1 cm³/mol. The molecular weight excluding hydrogens is 171 g/mol. The number of ether oxygens (including phenoxy) is 1. The van der Waals surface area contributed by atoms with Crippen LogP contribution in [0.15, 0.2) is 30.9 Å². The molecule has 0 aromatic heterocycles. The van der Waals surface area contributed by atoms with E-state index in [4.69, 9.17) is 4.74 Å². The Morgan fingerprint density at radius 3 is 2.77 bits per heavy atom. The third kappa shape index (κ3) is 2.06. The highest BCUT2D eigenvalue weighted by Gasteiger charge is 2.07. The summed E-state index contributed by atoms with van der Waals surface area (Å²) in [7, 11) is 1.39. The molecule has 1 aromatic rings. The highest BCUT2D eigenvalue weighted by Crippen LogP contribution is 2.21. The molecule has 0 amide bonds. The average molecular weight is 182 g/mol. The summed E-state index contributed by atoms with van der Waals surface area (Å²) in [6.45, 7) is 3.41. The Morgan fingerprint density at radius 2 is 2.31 bits per heavy atom. The molecule has 0 aliphatic carbocycles. The number of halogens is 1. The summed E-state index contributed by atoms with van der Waals surface area (Å²) < 4.78 is 17.8. The van der Waals surface area contributed by atoms with Crippen LogP contribution in [-0.2, 0) is 0 Å². The molecule has 0 heterocycles. The third-order valence-corrected chi connectivity index (χ3v) is 1.74. The fourth-order valence-electron chi connectivity index (χ4n) is 1.00. The molecule has 0 fully saturated rings. The SMILES string of the molecule is C=CC(O)c1ccc(OC)c(F)c1. The number of hydrogen-bond acceptors (Lipinski definition) is 2. The van der Waals surface area contributed by atoms with Gasteiger partial charge in [-0.2, -0.15) is 0 Å². The number of benzene rings is 1. The van der Waals surface area contributed by atoms with Gasteiger partial charge in [-0.25, -0.2) is 4.39 Å². The average Bonchev–Trinajstić information content (AvgIpc) is 2.16. The van der Waals surface area contributed by atoms with Gasteiger partial charge in [-0.05, 0) is 17.7 Å². The van der Waals surface area contributed by atoms with E-state index in [1.165, 1.54) is 25.3 Å². The Hall–Kier alpha value is -1.35. The molecule has 1 rings (SSSR count). The number of rotatable bonds is 3. The van der Waals surface area contributed by atoms with Crippen molar-refractivity contribution in [2.45, 2.75) is 6.10 Å². The molecule has 1 unspecified atom stereocenters. The molecule has 0 aliphatic heterocycles. The van der Waals surface area contributed by atoms with Crippen molar-refractivity contribution in [2.24, 2.45) is 0 Å². The second kappa shape index (κ2) is 4.05. The van der Waals surface area contributed by atoms with E-state index in [1.54, 1.807) is 6.07 Å². The first-order chi connectivity index (χ1) is 6.19. The van der Waals surface area contributed by atoms with Gasteiger partial charge in [-0.15, -0.1) is 6.58 Å². The zero-order valence-corrected chi connectivity index (χ0v) is 7.33. The summed E-state index contributed by atoms with van der Waals surface area (Å²) >= 11 is 0. The summed E-state index contributed by atoms with van der Waals surface area (Å²) in [5.74, 6) is -0.319. The van der Waals surface area contributed by atoms with E-state index in [0.717, 1.165) is 0 Å². The molecule has 1 aromatic carbocycles. The molecule has 0 aliphatic rings. The molecule has 0 radical (unpaired) electrons. The van der Waals surface area contributed by atoms with Crippen molar-refractivity contribution < 1.29 is 14.2 Å². The van der Waals surface area contributed by atoms with Crippen molar-refractivity contribution in [3.05, 3.63) is 42.2 Å². The minimum Gasteiger partial charge on any atom is -0.494 e. The van der Waals surface area contributed by atoms with Gasteiger partial charge in [0.1, 0.15) is 0 Å². The maximum atomic E-state index is 13.1. The molecule has 70 valence electrons. The van der Waals surface area contributed by atoms with Crippen molar-refractivity contribution in [2.75, 3.05) is 7.11 Å². The molecule has 1 N–H and O–H groups in total. The second-order valence-corrected chi connectivity index (χ2v) is 2.57. The Labute approximate surface area is 76.3 Å². The summed E-state index contributed by atoms with van der Waals surface area (Å²) in [6, 6.07) is 4.29. The molecule has 0 saturated heterocycles. The molecule has 0 spiro atoms. The van der Waals surface area contributed by atoms with Gasteiger partial charge in [0, 0.05) is 0 Å². The van der Waals surface area contributed by atoms with Crippen LogP contribution in [0.2, 0.25) is 0 Å². The fraction of sp³-hybridized carbons (Fsp3) is 0.200. The van der Waals surface area contributed by atoms with E-state index < -0.39 is 11.9 Å². The van der Waals surface area contributed by atoms with Crippen LogP contribution >= 0.6 is 0 Å². The minimum atomic E-state index is -0.833. The number of aliphatic hydroxyl groups excluding tert-OH is 1. The van der Waals surface area contributed by atoms with Crippen LogP contribution in [0.5, 0.6) is 5.75 Å². The van der Waals surface area contributed by atoms with E-state index in [0.29, 0.717) is 5.56 Å². The van der Waals surface area contributed by atoms with E-state index in [-0.39, 0.29) is 5.75 Å². The van der Waals surface area contributed by atoms with E-state index in [2.05, 4.69) is 6.58 Å². The van der Waals surface area contributed by atoms with Gasteiger partial charge in [0.05, 0.1) is 13.2 Å². The zero-order valence-electron chi connectivity index (χ0n) is 7.33. The van der Waals surface area contributed by atoms with Crippen molar-refractivity contribution in [3.63, 3.8) is 0 Å². The van der Waals surface area contributed by atoms with Gasteiger partial charge in [0.15, 0.2) is 11.6 Å². The lowest BCUT2D eigenvalue weighted by molar-refractivity contribution is 0.228. The van der Waals surface area contributed by atoms with Crippen LogP contribution in [0.3, 0.4) is 0 Å². The number of methoxy groups -OCH3 is 1. The van der Waals surface area contributed by atoms with Gasteiger partial charge in [-0.3, -0.25) is 0 Å². The molecule has 13 heavy (non-hydrogen) atoms. The standard InChI is InChI=1S/C10H11FO2/c1-3-9(12)7-4-5-10(13-2)8(11)6-7/h3-6,9,12H,1H2,2H3. The lowest BCUT2D eigenvalue weighted by Gasteiger charge is -2.07. The van der Waals surface area contributed by atoms with E-state index in [9.17, 15) is 9.50 Å². The zero-order chi connectivity index (χ0) is 9.84. The van der Waals surface area contributed by atoms with E-state index in [1.807, 2.05) is 0 Å². The second-order valence-electron chi connectivity index (χ2n) is 2.57. The normalized spacial score (nSPS) is 12.2. The van der Waals surface area contributed by atoms with Gasteiger partial charge < -0.3 is 9.84 Å². The Balaban J connectivity index is 3.02. The topological polar surface area (TPSA) is 29.5 Å². The molecule has 1 atom stereocenters. The molecule has 0 bridgehead atoms. The first-order valence-corrected chi connectivity index (χ1v) is 3.83. The summed E-state index contributed by atoms with van der Waals surface area (Å²) in [4.78, 5) is 0. The lowest BCUT2D eigenvalue weighted by atomic mass is 10.1. The maximum Gasteiger partial charge on any atom is 0.165 e. The van der Waals surface area contributed by atoms with Crippen molar-refractivity contribution >= 4 is 0 Å². The minimum absolute atomic E-state index is 0.167. The Bertz CT molecular complexity index is 310. The Morgan fingerprint density at radius 1 is 1.62 bits per heavy atom. The first-order valence-electron chi connectivity index (χ1n) is 3.83. The predicted octanol–water partition coefficient (Wildman–Crippen LogP) is 2.05. The van der Waals surface area contributed by atoms with Crippen LogP contribution < -0.4 is 4.74 Å². The highest BCUT2D eigenvalue weighted by atomic mass is 19.1. The van der Waals surface area contributed by atoms with Gasteiger partial charge in [-0.1, -0.05) is 12.1 Å². The number of hydrogen-bond donors (Lipinski definition) is 1. The van der Waals surface area contributed by atoms with E-state index >= 15 is 0 Å². The fourth-order valence-corrected chi connectivity index (χ4v) is 1.00. The summed E-state index contributed by atoms with van der Waals surface area (Å²) in [5, 5.41) is 9.29. The number of aliphatic hydroxyl groups is 1. The summed E-state index contributed by atoms with van der Waals surface area (Å²) in [5.41, 5.74) is 0.466. The van der Waals surface area contributed by atoms with Crippen LogP contribution in [0, 0.1) is 5.82 Å². The van der Waals surface area contributed by atoms with Gasteiger partial charge in [0.2, 0.25) is 0 Å². The monoisotopic (exact) mass is 182 g/mol. The van der Waals surface area contributed by atoms with Crippen LogP contribution in [0.1, 0.15) is 11.7 Å².